The molecule has 0 bridgehead atoms. The Kier molecular flexibility index (Phi) is 6.65. The highest BCUT2D eigenvalue weighted by Crippen LogP contribution is 2.23. The molecule has 0 radical (unpaired) electrons. The van der Waals surface area contributed by atoms with Gasteiger partial charge in [-0.3, -0.25) is 0 Å². The van der Waals surface area contributed by atoms with Gasteiger partial charge in [0.25, 0.3) is 0 Å². The number of benzene rings is 1. The Balaban J connectivity index is 2.41. The molecule has 0 aliphatic heterocycles. The molecule has 0 amide bonds. The van der Waals surface area contributed by atoms with Gasteiger partial charge in [-0.05, 0) is 24.5 Å². The van der Waals surface area contributed by atoms with Crippen LogP contribution in [0.4, 0.5) is 0 Å². The van der Waals surface area contributed by atoms with Crippen molar-refractivity contribution in [2.24, 2.45) is 5.92 Å². The predicted molar refractivity (Wildman–Crippen MR) is 77.3 cm³/mol. The van der Waals surface area contributed by atoms with E-state index < -0.39 is 0 Å². The van der Waals surface area contributed by atoms with Gasteiger partial charge in [0.2, 0.25) is 0 Å². The molecule has 0 aliphatic carbocycles. The topological polar surface area (TPSA) is 12.0 Å². The third-order valence-corrected chi connectivity index (χ3v) is 3.50. The Labute approximate surface area is 118 Å². The summed E-state index contributed by atoms with van der Waals surface area (Å²) in [5.41, 5.74) is 0.934. The molecule has 0 aromatic heterocycles. The summed E-state index contributed by atoms with van der Waals surface area (Å²) in [5.74, 6) is 0.614. The highest BCUT2D eigenvalue weighted by Gasteiger charge is 2.08. The first-order chi connectivity index (χ1) is 8.00. The van der Waals surface area contributed by atoms with E-state index in [1.165, 1.54) is 0 Å². The van der Waals surface area contributed by atoms with Crippen LogP contribution in [0.25, 0.3) is 0 Å². The third-order valence-electron chi connectivity index (χ3n) is 2.46. The molecular weight excluding hydrogens is 277 g/mol. The summed E-state index contributed by atoms with van der Waals surface area (Å²) in [4.78, 5) is 0. The molecule has 1 nitrogen and oxygen atoms in total. The van der Waals surface area contributed by atoms with E-state index >= 15 is 0 Å². The second-order valence-corrected chi connectivity index (χ2v) is 5.99. The monoisotopic (exact) mass is 293 g/mol. The zero-order valence-corrected chi connectivity index (χ0v) is 12.4. The van der Waals surface area contributed by atoms with E-state index in [1.54, 1.807) is 0 Å². The minimum absolute atomic E-state index is 0.149. The second-order valence-electron chi connectivity index (χ2n) is 4.56. The van der Waals surface area contributed by atoms with Gasteiger partial charge in [0.1, 0.15) is 0 Å². The van der Waals surface area contributed by atoms with Gasteiger partial charge in [0, 0.05) is 34.1 Å². The summed E-state index contributed by atoms with van der Waals surface area (Å²) < 4.78 is 0. The summed E-state index contributed by atoms with van der Waals surface area (Å²) >= 11 is 18.3. The van der Waals surface area contributed by atoms with Crippen molar-refractivity contribution in [1.29, 1.82) is 0 Å². The van der Waals surface area contributed by atoms with Crippen LogP contribution in [0.2, 0.25) is 10.0 Å². The Hall–Kier alpha value is 0.0500. The van der Waals surface area contributed by atoms with E-state index in [0.717, 1.165) is 18.5 Å². The largest absolute Gasteiger partial charge is 0.311 e. The van der Waals surface area contributed by atoms with E-state index in [1.807, 2.05) is 18.2 Å². The Morgan fingerprint density at radius 1 is 1.18 bits per heavy atom. The standard InChI is InChI=1S/C13H18Cl3N/c1-9(2)6-10(14)7-17-8-11-12(15)4-3-5-13(11)16/h3-5,9-10,17H,6-8H2,1-2H3. The van der Waals surface area contributed by atoms with Crippen LogP contribution in [0.5, 0.6) is 0 Å². The van der Waals surface area contributed by atoms with Crippen molar-refractivity contribution in [3.63, 3.8) is 0 Å². The summed E-state index contributed by atoms with van der Waals surface area (Å²) in [6.45, 7) is 5.75. The quantitative estimate of drug-likeness (QED) is 0.748. The number of hydrogen-bond donors (Lipinski definition) is 1. The molecule has 1 unspecified atom stereocenters. The van der Waals surface area contributed by atoms with Crippen LogP contribution < -0.4 is 5.32 Å². The first-order valence-electron chi connectivity index (χ1n) is 5.78. The maximum Gasteiger partial charge on any atom is 0.0465 e. The van der Waals surface area contributed by atoms with Gasteiger partial charge in [0.05, 0.1) is 0 Å². The van der Waals surface area contributed by atoms with Gasteiger partial charge in [0.15, 0.2) is 0 Å². The second kappa shape index (κ2) is 7.48. The normalized spacial score (nSPS) is 13.1. The molecule has 1 N–H and O–H groups in total. The number of alkyl halides is 1. The Bertz CT molecular complexity index is 332. The number of hydrogen-bond acceptors (Lipinski definition) is 1. The molecule has 0 saturated carbocycles. The molecule has 0 aliphatic rings. The number of halogens is 3. The first-order valence-corrected chi connectivity index (χ1v) is 6.97. The van der Waals surface area contributed by atoms with Gasteiger partial charge >= 0.3 is 0 Å². The minimum Gasteiger partial charge on any atom is -0.311 e. The molecule has 1 aromatic carbocycles. The Morgan fingerprint density at radius 3 is 2.29 bits per heavy atom. The zero-order chi connectivity index (χ0) is 12.8. The van der Waals surface area contributed by atoms with Crippen LogP contribution in [-0.4, -0.2) is 11.9 Å². The number of rotatable bonds is 6. The lowest BCUT2D eigenvalue weighted by Gasteiger charge is -2.14. The minimum atomic E-state index is 0.149. The Morgan fingerprint density at radius 2 is 1.76 bits per heavy atom. The molecule has 1 aromatic rings. The van der Waals surface area contributed by atoms with Crippen molar-refractivity contribution in [2.75, 3.05) is 6.54 Å². The molecule has 4 heteroatoms. The molecule has 0 saturated heterocycles. The smallest absolute Gasteiger partial charge is 0.0465 e. The van der Waals surface area contributed by atoms with Crippen molar-refractivity contribution in [1.82, 2.24) is 5.32 Å². The van der Waals surface area contributed by atoms with Gasteiger partial charge in [-0.25, -0.2) is 0 Å². The average molecular weight is 295 g/mol. The van der Waals surface area contributed by atoms with Crippen LogP contribution in [0, 0.1) is 5.92 Å². The summed E-state index contributed by atoms with van der Waals surface area (Å²) in [6.07, 6.45) is 1.00. The maximum atomic E-state index is 6.19. The molecule has 1 atom stereocenters. The fourth-order valence-electron chi connectivity index (χ4n) is 1.65. The first kappa shape index (κ1) is 15.1. The van der Waals surface area contributed by atoms with Crippen molar-refractivity contribution in [3.8, 4) is 0 Å². The van der Waals surface area contributed by atoms with Crippen LogP contribution >= 0.6 is 34.8 Å². The van der Waals surface area contributed by atoms with E-state index in [0.29, 0.717) is 22.5 Å². The molecule has 17 heavy (non-hydrogen) atoms. The van der Waals surface area contributed by atoms with Gasteiger partial charge < -0.3 is 5.32 Å². The summed E-state index contributed by atoms with van der Waals surface area (Å²) in [7, 11) is 0. The number of nitrogens with one attached hydrogen (secondary N) is 1. The maximum absolute atomic E-state index is 6.19. The van der Waals surface area contributed by atoms with Crippen molar-refractivity contribution in [2.45, 2.75) is 32.2 Å². The fraction of sp³-hybridized carbons (Fsp3) is 0.538. The SMILES string of the molecule is CC(C)CC(Cl)CNCc1c(Cl)cccc1Cl. The predicted octanol–water partition coefficient (Wildman–Crippen LogP) is 4.74. The van der Waals surface area contributed by atoms with Crippen LogP contribution in [0.1, 0.15) is 25.8 Å². The van der Waals surface area contributed by atoms with Crippen LogP contribution in [-0.2, 0) is 6.54 Å². The summed E-state index contributed by atoms with van der Waals surface area (Å²) in [6, 6.07) is 5.53. The average Bonchev–Trinajstić information content (AvgIpc) is 2.21. The van der Waals surface area contributed by atoms with E-state index in [-0.39, 0.29) is 5.38 Å². The molecular formula is C13H18Cl3N. The molecule has 1 rings (SSSR count). The lowest BCUT2D eigenvalue weighted by molar-refractivity contribution is 0.533. The summed E-state index contributed by atoms with van der Waals surface area (Å²) in [5, 5.41) is 4.83. The fourth-order valence-corrected chi connectivity index (χ4v) is 2.65. The lowest BCUT2D eigenvalue weighted by atomic mass is 10.1. The van der Waals surface area contributed by atoms with Crippen molar-refractivity contribution < 1.29 is 0 Å². The lowest BCUT2D eigenvalue weighted by Crippen LogP contribution is -2.24. The van der Waals surface area contributed by atoms with Crippen LogP contribution in [0.3, 0.4) is 0 Å². The van der Waals surface area contributed by atoms with E-state index in [9.17, 15) is 0 Å². The highest BCUT2D eigenvalue weighted by atomic mass is 35.5. The van der Waals surface area contributed by atoms with Gasteiger partial charge in [-0.2, -0.15) is 0 Å². The van der Waals surface area contributed by atoms with Crippen molar-refractivity contribution in [3.05, 3.63) is 33.8 Å². The molecule has 0 fully saturated rings. The van der Waals surface area contributed by atoms with E-state index in [4.69, 9.17) is 34.8 Å². The molecule has 96 valence electrons. The van der Waals surface area contributed by atoms with E-state index in [2.05, 4.69) is 19.2 Å². The van der Waals surface area contributed by atoms with Gasteiger partial charge in [-0.15, -0.1) is 11.6 Å². The molecule has 0 heterocycles. The van der Waals surface area contributed by atoms with Crippen molar-refractivity contribution >= 4 is 34.8 Å². The van der Waals surface area contributed by atoms with Crippen LogP contribution in [0.15, 0.2) is 18.2 Å². The van der Waals surface area contributed by atoms with Gasteiger partial charge in [-0.1, -0.05) is 43.1 Å². The third kappa shape index (κ3) is 5.48. The zero-order valence-electron chi connectivity index (χ0n) is 10.1. The highest BCUT2D eigenvalue weighted by molar-refractivity contribution is 6.35. The molecule has 0 spiro atoms.